The van der Waals surface area contributed by atoms with E-state index < -0.39 is 10.0 Å². The molecular formula is C13H17N3O3S. The first-order valence-electron chi connectivity index (χ1n) is 6.25. The van der Waals surface area contributed by atoms with E-state index in [0.717, 1.165) is 0 Å². The van der Waals surface area contributed by atoms with Gasteiger partial charge in [-0.25, -0.2) is 8.42 Å². The second kappa shape index (κ2) is 6.33. The molecule has 1 atom stereocenters. The van der Waals surface area contributed by atoms with E-state index in [0.29, 0.717) is 25.2 Å². The maximum absolute atomic E-state index is 12.5. The third kappa shape index (κ3) is 3.16. The fourth-order valence-corrected chi connectivity index (χ4v) is 3.31. The quantitative estimate of drug-likeness (QED) is 0.781. The van der Waals surface area contributed by atoms with Crippen LogP contribution in [0.3, 0.4) is 0 Å². The van der Waals surface area contributed by atoms with Crippen LogP contribution in [0.2, 0.25) is 0 Å². The van der Waals surface area contributed by atoms with Crippen molar-refractivity contribution in [2.24, 2.45) is 5.73 Å². The molecule has 20 heavy (non-hydrogen) atoms. The minimum absolute atomic E-state index is 0.126. The predicted octanol–water partition coefficient (Wildman–Crippen LogP) is -0.199. The van der Waals surface area contributed by atoms with Crippen molar-refractivity contribution in [2.45, 2.75) is 17.4 Å². The Kier molecular flexibility index (Phi) is 4.73. The van der Waals surface area contributed by atoms with E-state index in [1.165, 1.54) is 22.8 Å². The zero-order valence-electron chi connectivity index (χ0n) is 11.2. The lowest BCUT2D eigenvalue weighted by molar-refractivity contribution is 0.181. The largest absolute Gasteiger partial charge is 0.380 e. The second-order valence-electron chi connectivity index (χ2n) is 4.45. The molecule has 108 valence electrons. The molecule has 1 fully saturated rings. The molecule has 0 spiro atoms. The van der Waals surface area contributed by atoms with Crippen molar-refractivity contribution in [3.8, 4) is 11.8 Å². The van der Waals surface area contributed by atoms with Crippen LogP contribution in [-0.2, 0) is 14.8 Å². The minimum atomic E-state index is -3.58. The summed E-state index contributed by atoms with van der Waals surface area (Å²) in [6.07, 6.45) is 3.55. The summed E-state index contributed by atoms with van der Waals surface area (Å²) in [6.45, 7) is 1.23. The van der Waals surface area contributed by atoms with Crippen molar-refractivity contribution in [1.82, 2.24) is 9.29 Å². The highest BCUT2D eigenvalue weighted by molar-refractivity contribution is 7.89. The molecule has 0 saturated carbocycles. The third-order valence-corrected chi connectivity index (χ3v) is 5.02. The zero-order chi connectivity index (χ0) is 14.6. The number of nitrogens with zero attached hydrogens (tertiary/aromatic N) is 2. The summed E-state index contributed by atoms with van der Waals surface area (Å²) in [6, 6.07) is 1.39. The number of pyridine rings is 1. The van der Waals surface area contributed by atoms with E-state index in [1.807, 2.05) is 0 Å². The van der Waals surface area contributed by atoms with Crippen molar-refractivity contribution in [3.63, 3.8) is 0 Å². The van der Waals surface area contributed by atoms with Gasteiger partial charge in [0.2, 0.25) is 10.0 Å². The summed E-state index contributed by atoms with van der Waals surface area (Å²) in [5.41, 5.74) is 5.83. The van der Waals surface area contributed by atoms with Gasteiger partial charge in [0.1, 0.15) is 4.90 Å². The number of likely N-dealkylation sites (N-methyl/N-ethyl adjacent to an activating group) is 1. The van der Waals surface area contributed by atoms with E-state index in [-0.39, 0.29) is 17.5 Å². The molecule has 0 radical (unpaired) electrons. The van der Waals surface area contributed by atoms with Gasteiger partial charge in [-0.05, 0) is 12.5 Å². The van der Waals surface area contributed by atoms with E-state index in [4.69, 9.17) is 10.5 Å². The number of sulfonamides is 1. The molecule has 0 aliphatic carbocycles. The van der Waals surface area contributed by atoms with Gasteiger partial charge in [0.05, 0.1) is 19.2 Å². The summed E-state index contributed by atoms with van der Waals surface area (Å²) >= 11 is 0. The molecule has 2 N–H and O–H groups in total. The first kappa shape index (κ1) is 14.9. The molecule has 0 bridgehead atoms. The number of hydrogen-bond donors (Lipinski definition) is 1. The van der Waals surface area contributed by atoms with Crippen molar-refractivity contribution < 1.29 is 13.2 Å². The van der Waals surface area contributed by atoms with Gasteiger partial charge >= 0.3 is 0 Å². The summed E-state index contributed by atoms with van der Waals surface area (Å²) in [5.74, 6) is 5.46. The molecule has 1 aromatic rings. The van der Waals surface area contributed by atoms with Crippen molar-refractivity contribution in [2.75, 3.05) is 26.8 Å². The topological polar surface area (TPSA) is 85.5 Å². The number of aromatic nitrogens is 1. The molecule has 2 rings (SSSR count). The molecule has 0 amide bonds. The van der Waals surface area contributed by atoms with Crippen LogP contribution in [-0.4, -0.2) is 50.6 Å². The average molecular weight is 295 g/mol. The molecule has 1 saturated heterocycles. The van der Waals surface area contributed by atoms with E-state index in [1.54, 1.807) is 7.05 Å². The Bertz CT molecular complexity index is 628. The molecular weight excluding hydrogens is 278 g/mol. The number of hydrogen-bond acceptors (Lipinski definition) is 5. The average Bonchev–Trinajstić information content (AvgIpc) is 2.98. The maximum atomic E-state index is 12.5. The Labute approximate surface area is 119 Å². The highest BCUT2D eigenvalue weighted by Crippen LogP contribution is 2.20. The lowest BCUT2D eigenvalue weighted by atomic mass is 10.3. The molecule has 1 unspecified atom stereocenters. The summed E-state index contributed by atoms with van der Waals surface area (Å²) in [7, 11) is -2.02. The lowest BCUT2D eigenvalue weighted by Crippen LogP contribution is -2.37. The van der Waals surface area contributed by atoms with E-state index in [2.05, 4.69) is 16.8 Å². The molecule has 7 heteroatoms. The van der Waals surface area contributed by atoms with Gasteiger partial charge in [-0.1, -0.05) is 11.8 Å². The van der Waals surface area contributed by atoms with Crippen molar-refractivity contribution in [3.05, 3.63) is 24.0 Å². The smallest absolute Gasteiger partial charge is 0.244 e. The summed E-state index contributed by atoms with van der Waals surface area (Å²) in [4.78, 5) is 4.07. The Morgan fingerprint density at radius 2 is 2.35 bits per heavy atom. The highest BCUT2D eigenvalue weighted by Gasteiger charge is 2.30. The molecule has 1 aromatic heterocycles. The molecule has 1 aliphatic heterocycles. The Hall–Kier alpha value is -1.46. The molecule has 1 aliphatic rings. The Morgan fingerprint density at radius 3 is 3.00 bits per heavy atom. The van der Waals surface area contributed by atoms with Crippen LogP contribution in [0.5, 0.6) is 0 Å². The first-order valence-corrected chi connectivity index (χ1v) is 7.69. The van der Waals surface area contributed by atoms with Crippen LogP contribution < -0.4 is 5.73 Å². The number of nitrogens with two attached hydrogens (primary N) is 1. The normalized spacial score (nSPS) is 18.9. The van der Waals surface area contributed by atoms with Gasteiger partial charge in [0, 0.05) is 31.6 Å². The Morgan fingerprint density at radius 1 is 1.55 bits per heavy atom. The van der Waals surface area contributed by atoms with Crippen LogP contribution in [0, 0.1) is 11.8 Å². The van der Waals surface area contributed by atoms with Gasteiger partial charge in [-0.2, -0.15) is 4.31 Å². The fraction of sp³-hybridized carbons (Fsp3) is 0.462. The molecule has 2 heterocycles. The zero-order valence-corrected chi connectivity index (χ0v) is 12.1. The van der Waals surface area contributed by atoms with Crippen LogP contribution in [0.15, 0.2) is 23.4 Å². The number of ether oxygens (including phenoxy) is 1. The van der Waals surface area contributed by atoms with Crippen molar-refractivity contribution in [1.29, 1.82) is 0 Å². The maximum Gasteiger partial charge on any atom is 0.244 e. The fourth-order valence-electron chi connectivity index (χ4n) is 1.95. The van der Waals surface area contributed by atoms with Gasteiger partial charge < -0.3 is 10.5 Å². The Balaban J connectivity index is 2.29. The van der Waals surface area contributed by atoms with E-state index in [9.17, 15) is 8.42 Å². The summed E-state index contributed by atoms with van der Waals surface area (Å²) < 4.78 is 31.6. The van der Waals surface area contributed by atoms with Gasteiger partial charge in [0.15, 0.2) is 0 Å². The predicted molar refractivity (Wildman–Crippen MR) is 74.3 cm³/mol. The molecule has 0 aromatic carbocycles. The second-order valence-corrected chi connectivity index (χ2v) is 6.45. The van der Waals surface area contributed by atoms with Crippen LogP contribution in [0.25, 0.3) is 0 Å². The monoisotopic (exact) mass is 295 g/mol. The lowest BCUT2D eigenvalue weighted by Gasteiger charge is -2.22. The van der Waals surface area contributed by atoms with Gasteiger partial charge in [-0.15, -0.1) is 0 Å². The van der Waals surface area contributed by atoms with Gasteiger partial charge in [0.25, 0.3) is 0 Å². The number of rotatable bonds is 3. The minimum Gasteiger partial charge on any atom is -0.380 e. The highest BCUT2D eigenvalue weighted by atomic mass is 32.2. The molecule has 6 nitrogen and oxygen atoms in total. The van der Waals surface area contributed by atoms with Gasteiger partial charge in [-0.3, -0.25) is 4.98 Å². The SMILES string of the molecule is CN(C1CCOC1)S(=O)(=O)c1cncc(C#CCN)c1. The third-order valence-electron chi connectivity index (χ3n) is 3.14. The van der Waals surface area contributed by atoms with Crippen LogP contribution in [0.1, 0.15) is 12.0 Å². The van der Waals surface area contributed by atoms with Crippen LogP contribution in [0.4, 0.5) is 0 Å². The van der Waals surface area contributed by atoms with E-state index >= 15 is 0 Å². The van der Waals surface area contributed by atoms with Crippen molar-refractivity contribution >= 4 is 10.0 Å². The standard InChI is InChI=1S/C13H17N3O3S/c1-16(12-4-6-19-10-12)20(17,18)13-7-11(3-2-5-14)8-15-9-13/h7-9,12H,4-6,10,14H2,1H3. The first-order chi connectivity index (χ1) is 9.55. The summed E-state index contributed by atoms with van der Waals surface area (Å²) in [5, 5.41) is 0. The van der Waals surface area contributed by atoms with Crippen LogP contribution >= 0.6 is 0 Å².